The van der Waals surface area contributed by atoms with Crippen LogP contribution >= 0.6 is 56.1 Å². The number of hydrogen-bond acceptors (Lipinski definition) is 1. The van der Waals surface area contributed by atoms with Gasteiger partial charge in [0.2, 0.25) is 0 Å². The Morgan fingerprint density at radius 3 is 2.64 bits per heavy atom. The lowest BCUT2D eigenvalue weighted by atomic mass is 10.5. The second kappa shape index (κ2) is 4.84. The molecule has 6 heteroatoms. The van der Waals surface area contributed by atoms with E-state index < -0.39 is 4.84 Å². The van der Waals surface area contributed by atoms with Crippen molar-refractivity contribution in [1.29, 1.82) is 0 Å². The van der Waals surface area contributed by atoms with E-state index in [1.54, 1.807) is 0 Å². The molecular weight excluding hydrogens is 355 g/mol. The van der Waals surface area contributed by atoms with Gasteiger partial charge in [0, 0.05) is 6.20 Å². The lowest BCUT2D eigenvalue weighted by Gasteiger charge is -1.95. The SMILES string of the molecule is Br.ClC(Cl)c1nc2ccccn2c1Br. The first kappa shape index (κ1) is 12.3. The van der Waals surface area contributed by atoms with Crippen molar-refractivity contribution in [3.05, 3.63) is 34.7 Å². The fourth-order valence-electron chi connectivity index (χ4n) is 1.12. The van der Waals surface area contributed by atoms with Crippen molar-refractivity contribution in [3.8, 4) is 0 Å². The number of nitrogens with zero attached hydrogens (tertiary/aromatic N) is 2. The third-order valence-electron chi connectivity index (χ3n) is 1.70. The molecule has 0 aliphatic heterocycles. The number of aromatic nitrogens is 2. The van der Waals surface area contributed by atoms with Gasteiger partial charge in [-0.1, -0.05) is 29.3 Å². The molecule has 0 fully saturated rings. The molecule has 0 amide bonds. The summed E-state index contributed by atoms with van der Waals surface area (Å²) in [6.07, 6.45) is 1.89. The van der Waals surface area contributed by atoms with Crippen LogP contribution in [0, 0.1) is 0 Å². The minimum absolute atomic E-state index is 0. The summed E-state index contributed by atoms with van der Waals surface area (Å²) in [4.78, 5) is 3.66. The molecule has 0 spiro atoms. The number of alkyl halides is 2. The molecule has 0 saturated heterocycles. The Hall–Kier alpha value is 0.230. The van der Waals surface area contributed by atoms with Crippen LogP contribution in [0.3, 0.4) is 0 Å². The Balaban J connectivity index is 0.000000980. The molecule has 0 unspecified atom stereocenters. The third kappa shape index (κ3) is 2.08. The van der Waals surface area contributed by atoms with Crippen molar-refractivity contribution in [2.75, 3.05) is 0 Å². The van der Waals surface area contributed by atoms with E-state index in [0.717, 1.165) is 10.3 Å². The van der Waals surface area contributed by atoms with Crippen LogP contribution in [0.1, 0.15) is 10.5 Å². The molecule has 2 aromatic rings. The van der Waals surface area contributed by atoms with Gasteiger partial charge in [-0.25, -0.2) is 4.98 Å². The smallest absolute Gasteiger partial charge is 0.152 e. The van der Waals surface area contributed by atoms with Crippen molar-refractivity contribution in [3.63, 3.8) is 0 Å². The quantitative estimate of drug-likeness (QED) is 0.698. The van der Waals surface area contributed by atoms with E-state index in [1.807, 2.05) is 28.8 Å². The number of rotatable bonds is 1. The number of halogens is 4. The van der Waals surface area contributed by atoms with Crippen LogP contribution in [0.2, 0.25) is 0 Å². The highest BCUT2D eigenvalue weighted by Crippen LogP contribution is 2.30. The van der Waals surface area contributed by atoms with Gasteiger partial charge in [-0.2, -0.15) is 0 Å². The topological polar surface area (TPSA) is 17.3 Å². The number of imidazole rings is 1. The molecule has 14 heavy (non-hydrogen) atoms. The lowest BCUT2D eigenvalue weighted by Crippen LogP contribution is -1.83. The second-order valence-electron chi connectivity index (χ2n) is 2.52. The molecule has 2 rings (SSSR count). The average molecular weight is 361 g/mol. The Morgan fingerprint density at radius 1 is 1.36 bits per heavy atom. The molecule has 0 aliphatic carbocycles. The van der Waals surface area contributed by atoms with Crippen LogP contribution in [-0.2, 0) is 0 Å². The summed E-state index contributed by atoms with van der Waals surface area (Å²) in [5.41, 5.74) is 1.48. The largest absolute Gasteiger partial charge is 0.294 e. The van der Waals surface area contributed by atoms with Crippen molar-refractivity contribution in [2.24, 2.45) is 0 Å². The number of pyridine rings is 1. The summed E-state index contributed by atoms with van der Waals surface area (Å²) in [7, 11) is 0. The first-order chi connectivity index (χ1) is 6.20. The molecule has 0 radical (unpaired) electrons. The minimum atomic E-state index is -0.603. The first-order valence-electron chi connectivity index (χ1n) is 3.61. The second-order valence-corrected chi connectivity index (χ2v) is 4.36. The Kier molecular flexibility index (Phi) is 4.25. The fraction of sp³-hybridized carbons (Fsp3) is 0.125. The summed E-state index contributed by atoms with van der Waals surface area (Å²) in [6.45, 7) is 0. The molecule has 0 bridgehead atoms. The molecule has 0 aliphatic rings. The van der Waals surface area contributed by atoms with E-state index >= 15 is 0 Å². The third-order valence-corrected chi connectivity index (χ3v) is 2.90. The van der Waals surface area contributed by atoms with Gasteiger partial charge in [0.15, 0.2) is 4.84 Å². The summed E-state index contributed by atoms with van der Waals surface area (Å²) < 4.78 is 2.69. The summed E-state index contributed by atoms with van der Waals surface area (Å²) >= 11 is 14.9. The number of hydrogen-bond donors (Lipinski definition) is 0. The zero-order valence-electron chi connectivity index (χ0n) is 6.82. The molecule has 0 saturated carbocycles. The highest BCUT2D eigenvalue weighted by molar-refractivity contribution is 9.10. The standard InChI is InChI=1S/C8H5BrCl2N2.BrH/c9-7-6(8(10)11)12-5-3-1-2-4-13(5)7;/h1-4,8H;1H. The predicted molar refractivity (Wildman–Crippen MR) is 67.7 cm³/mol. The van der Waals surface area contributed by atoms with Gasteiger partial charge in [0.05, 0.1) is 0 Å². The van der Waals surface area contributed by atoms with Crippen molar-refractivity contribution in [1.82, 2.24) is 9.38 Å². The normalized spacial score (nSPS) is 10.6. The molecule has 2 heterocycles. The lowest BCUT2D eigenvalue weighted by molar-refractivity contribution is 1.13. The summed E-state index contributed by atoms with van der Waals surface area (Å²) in [5, 5.41) is 0. The van der Waals surface area contributed by atoms with Crippen molar-refractivity contribution < 1.29 is 0 Å². The first-order valence-corrected chi connectivity index (χ1v) is 5.27. The van der Waals surface area contributed by atoms with E-state index in [-0.39, 0.29) is 17.0 Å². The minimum Gasteiger partial charge on any atom is -0.294 e. The summed E-state index contributed by atoms with van der Waals surface area (Å²) in [5.74, 6) is 0. The monoisotopic (exact) mass is 358 g/mol. The van der Waals surface area contributed by atoms with Gasteiger partial charge >= 0.3 is 0 Å². The van der Waals surface area contributed by atoms with Gasteiger partial charge in [-0.05, 0) is 28.1 Å². The maximum absolute atomic E-state index is 5.74. The van der Waals surface area contributed by atoms with Gasteiger partial charge in [-0.3, -0.25) is 4.40 Å². The van der Waals surface area contributed by atoms with Crippen LogP contribution in [0.15, 0.2) is 29.0 Å². The van der Waals surface area contributed by atoms with E-state index in [9.17, 15) is 0 Å². The Bertz CT molecular complexity index is 442. The number of fused-ring (bicyclic) bond motifs is 1. The van der Waals surface area contributed by atoms with E-state index in [0.29, 0.717) is 5.69 Å². The van der Waals surface area contributed by atoms with Crippen LogP contribution in [0.25, 0.3) is 5.65 Å². The molecule has 2 aromatic heterocycles. The van der Waals surface area contributed by atoms with Gasteiger partial charge in [0.1, 0.15) is 15.9 Å². The van der Waals surface area contributed by atoms with Gasteiger partial charge < -0.3 is 0 Å². The molecule has 2 nitrogen and oxygen atoms in total. The molecule has 0 atom stereocenters. The molecule has 76 valence electrons. The Morgan fingerprint density at radius 2 is 2.07 bits per heavy atom. The molecular formula is C8H6Br2Cl2N2. The highest BCUT2D eigenvalue weighted by Gasteiger charge is 2.14. The highest BCUT2D eigenvalue weighted by atomic mass is 79.9. The maximum atomic E-state index is 5.74. The molecule has 0 aromatic carbocycles. The fourth-order valence-corrected chi connectivity index (χ4v) is 2.31. The Labute approximate surface area is 110 Å². The van der Waals surface area contributed by atoms with Crippen molar-refractivity contribution >= 4 is 61.8 Å². The van der Waals surface area contributed by atoms with Crippen LogP contribution < -0.4 is 0 Å². The van der Waals surface area contributed by atoms with Crippen LogP contribution in [0.5, 0.6) is 0 Å². The van der Waals surface area contributed by atoms with E-state index in [2.05, 4.69) is 20.9 Å². The molecule has 0 N–H and O–H groups in total. The van der Waals surface area contributed by atoms with Gasteiger partial charge in [-0.15, -0.1) is 17.0 Å². The van der Waals surface area contributed by atoms with Crippen LogP contribution in [-0.4, -0.2) is 9.38 Å². The van der Waals surface area contributed by atoms with Crippen molar-refractivity contribution in [2.45, 2.75) is 4.84 Å². The van der Waals surface area contributed by atoms with Crippen LogP contribution in [0.4, 0.5) is 0 Å². The zero-order valence-corrected chi connectivity index (χ0v) is 11.6. The predicted octanol–water partition coefficient (Wildman–Crippen LogP) is 4.15. The zero-order chi connectivity index (χ0) is 9.42. The van der Waals surface area contributed by atoms with E-state index in [1.165, 1.54) is 0 Å². The maximum Gasteiger partial charge on any atom is 0.152 e. The average Bonchev–Trinajstić information content (AvgIpc) is 2.45. The summed E-state index contributed by atoms with van der Waals surface area (Å²) in [6, 6.07) is 5.72. The van der Waals surface area contributed by atoms with E-state index in [4.69, 9.17) is 23.2 Å². The van der Waals surface area contributed by atoms with Gasteiger partial charge in [0.25, 0.3) is 0 Å².